The van der Waals surface area contributed by atoms with E-state index in [4.69, 9.17) is 0 Å². The summed E-state index contributed by atoms with van der Waals surface area (Å²) in [6.07, 6.45) is 9.57. The molecule has 0 spiro atoms. The first-order chi connectivity index (χ1) is 17.6. The summed E-state index contributed by atoms with van der Waals surface area (Å²) in [6.45, 7) is 6.35. The van der Waals surface area contributed by atoms with Gasteiger partial charge >= 0.3 is 0 Å². The average molecular weight is 503 g/mol. The molecular weight excluding hydrogens is 464 g/mol. The second-order valence-electron chi connectivity index (χ2n) is 11.5. The Balaban J connectivity index is 1.80. The van der Waals surface area contributed by atoms with Gasteiger partial charge < -0.3 is 10.4 Å². The van der Waals surface area contributed by atoms with Gasteiger partial charge in [-0.2, -0.15) is 5.26 Å². The van der Waals surface area contributed by atoms with E-state index in [0.717, 1.165) is 37.7 Å². The molecular formula is C30H38N4O3. The van der Waals surface area contributed by atoms with Crippen LogP contribution in [-0.4, -0.2) is 33.5 Å². The number of carbonyl (C=O) groups excluding carboxylic acids is 2. The third kappa shape index (κ3) is 5.86. The Morgan fingerprint density at radius 3 is 2.41 bits per heavy atom. The van der Waals surface area contributed by atoms with Crippen LogP contribution in [0.2, 0.25) is 0 Å². The van der Waals surface area contributed by atoms with E-state index in [1.807, 2.05) is 30.3 Å². The average Bonchev–Trinajstić information content (AvgIpc) is 3.29. The molecule has 4 rings (SSSR count). The minimum absolute atomic E-state index is 0.0585. The van der Waals surface area contributed by atoms with Crippen molar-refractivity contribution in [3.05, 3.63) is 59.9 Å². The number of carbonyl (C=O) groups is 2. The number of pyridine rings is 1. The number of aliphatic hydroxyl groups is 1. The number of benzene rings is 1. The summed E-state index contributed by atoms with van der Waals surface area (Å²) in [6, 6.07) is 12.3. The molecule has 1 heterocycles. The highest BCUT2D eigenvalue weighted by Crippen LogP contribution is 2.40. The Kier molecular flexibility index (Phi) is 7.99. The van der Waals surface area contributed by atoms with Crippen LogP contribution >= 0.6 is 0 Å². The van der Waals surface area contributed by atoms with E-state index in [0.29, 0.717) is 24.1 Å². The Morgan fingerprint density at radius 2 is 1.81 bits per heavy atom. The zero-order chi connectivity index (χ0) is 26.6. The summed E-state index contributed by atoms with van der Waals surface area (Å²) >= 11 is 0. The second-order valence-corrected chi connectivity index (χ2v) is 11.5. The number of nitrogens with zero attached hydrogens (tertiary/aromatic N) is 3. The van der Waals surface area contributed by atoms with Crippen molar-refractivity contribution in [3.63, 3.8) is 0 Å². The van der Waals surface area contributed by atoms with Crippen LogP contribution in [0.15, 0.2) is 48.8 Å². The van der Waals surface area contributed by atoms with Crippen molar-refractivity contribution in [2.45, 2.75) is 95.2 Å². The topological polar surface area (TPSA) is 106 Å². The Bertz CT molecular complexity index is 1130. The normalized spacial score (nSPS) is 23.2. The summed E-state index contributed by atoms with van der Waals surface area (Å²) < 4.78 is 0. The maximum Gasteiger partial charge on any atom is 0.248 e. The number of amides is 2. The van der Waals surface area contributed by atoms with Crippen molar-refractivity contribution in [1.82, 2.24) is 10.3 Å². The van der Waals surface area contributed by atoms with E-state index in [1.54, 1.807) is 24.5 Å². The Morgan fingerprint density at radius 1 is 1.11 bits per heavy atom. The molecule has 7 nitrogen and oxygen atoms in total. The number of aromatic nitrogens is 1. The molecule has 0 bridgehead atoms. The fourth-order valence-electron chi connectivity index (χ4n) is 5.63. The molecule has 3 atom stereocenters. The molecule has 1 aromatic heterocycles. The molecule has 2 saturated carbocycles. The summed E-state index contributed by atoms with van der Waals surface area (Å²) in [5.74, 6) is -1.61. The quantitative estimate of drug-likeness (QED) is 0.543. The first kappa shape index (κ1) is 26.8. The minimum atomic E-state index is -1.75. The fraction of sp³-hybridized carbons (Fsp3) is 0.533. The summed E-state index contributed by atoms with van der Waals surface area (Å²) in [5, 5.41) is 23.9. The summed E-state index contributed by atoms with van der Waals surface area (Å²) in [7, 11) is 0. The SMILES string of the molecule is CC(C)(C)c1ccc(N(C(=O)C2CCCC2(O)C#N)C(C(=O)NC2CCCCC2)c2cccnc2)cc1. The van der Waals surface area contributed by atoms with E-state index < -0.39 is 23.5 Å². The molecule has 0 saturated heterocycles. The number of hydrogen-bond donors (Lipinski definition) is 2. The highest BCUT2D eigenvalue weighted by Gasteiger charge is 2.49. The third-order valence-electron chi connectivity index (χ3n) is 7.83. The van der Waals surface area contributed by atoms with Crippen LogP contribution in [0.1, 0.15) is 89.3 Å². The largest absolute Gasteiger partial charge is 0.375 e. The Labute approximate surface area is 219 Å². The van der Waals surface area contributed by atoms with E-state index in [2.05, 4.69) is 31.1 Å². The van der Waals surface area contributed by atoms with Crippen molar-refractivity contribution < 1.29 is 14.7 Å². The van der Waals surface area contributed by atoms with Gasteiger partial charge in [0, 0.05) is 29.7 Å². The number of anilines is 1. The van der Waals surface area contributed by atoms with Gasteiger partial charge in [-0.15, -0.1) is 0 Å². The first-order valence-corrected chi connectivity index (χ1v) is 13.4. The minimum Gasteiger partial charge on any atom is -0.375 e. The van der Waals surface area contributed by atoms with Crippen molar-refractivity contribution >= 4 is 17.5 Å². The van der Waals surface area contributed by atoms with Crippen LogP contribution in [0.4, 0.5) is 5.69 Å². The van der Waals surface area contributed by atoms with Gasteiger partial charge in [0.15, 0.2) is 5.60 Å². The van der Waals surface area contributed by atoms with Crippen LogP contribution in [0.5, 0.6) is 0 Å². The monoisotopic (exact) mass is 502 g/mol. The molecule has 196 valence electrons. The standard InChI is InChI=1S/C30H38N4O3/c1-29(2,3)22-13-15-24(16-14-22)34(28(36)25-12-7-17-30(25,37)20-31)26(21-9-8-18-32-19-21)27(35)33-23-10-5-4-6-11-23/h8-9,13-16,18-19,23,25-26,37H,4-7,10-12,17H2,1-3H3,(H,33,35). The maximum atomic E-state index is 14.2. The lowest BCUT2D eigenvalue weighted by molar-refractivity contribution is -0.131. The van der Waals surface area contributed by atoms with E-state index in [9.17, 15) is 20.0 Å². The van der Waals surface area contributed by atoms with Gasteiger partial charge in [-0.3, -0.25) is 19.5 Å². The number of nitrogens with one attached hydrogen (secondary N) is 1. The fourth-order valence-corrected chi connectivity index (χ4v) is 5.63. The third-order valence-corrected chi connectivity index (χ3v) is 7.83. The molecule has 2 N–H and O–H groups in total. The van der Waals surface area contributed by atoms with Gasteiger partial charge in [0.1, 0.15) is 6.04 Å². The van der Waals surface area contributed by atoms with Gasteiger partial charge in [0.25, 0.3) is 0 Å². The lowest BCUT2D eigenvalue weighted by Gasteiger charge is -2.36. The molecule has 2 aliphatic rings. The molecule has 7 heteroatoms. The summed E-state index contributed by atoms with van der Waals surface area (Å²) in [4.78, 5) is 33.9. The highest BCUT2D eigenvalue weighted by atomic mass is 16.3. The van der Waals surface area contributed by atoms with E-state index >= 15 is 0 Å². The molecule has 37 heavy (non-hydrogen) atoms. The molecule has 2 fully saturated rings. The highest BCUT2D eigenvalue weighted by molar-refractivity contribution is 6.03. The summed E-state index contributed by atoms with van der Waals surface area (Å²) in [5.41, 5.74) is 0.407. The molecule has 0 aliphatic heterocycles. The predicted octanol–water partition coefficient (Wildman–Crippen LogP) is 4.96. The van der Waals surface area contributed by atoms with Gasteiger partial charge in [-0.25, -0.2) is 0 Å². The zero-order valence-corrected chi connectivity index (χ0v) is 22.1. The van der Waals surface area contributed by atoms with Crippen molar-refractivity contribution in [2.75, 3.05) is 4.90 Å². The molecule has 0 radical (unpaired) electrons. The predicted molar refractivity (Wildman–Crippen MR) is 143 cm³/mol. The number of rotatable bonds is 6. The molecule has 2 aliphatic carbocycles. The van der Waals surface area contributed by atoms with Crippen molar-refractivity contribution in [2.24, 2.45) is 5.92 Å². The second kappa shape index (κ2) is 11.0. The molecule has 3 unspecified atom stereocenters. The van der Waals surface area contributed by atoms with Gasteiger partial charge in [-0.1, -0.05) is 58.2 Å². The number of hydrogen-bond acceptors (Lipinski definition) is 5. The van der Waals surface area contributed by atoms with Crippen LogP contribution in [0.25, 0.3) is 0 Å². The van der Waals surface area contributed by atoms with Crippen molar-refractivity contribution in [3.8, 4) is 6.07 Å². The maximum absolute atomic E-state index is 14.2. The van der Waals surface area contributed by atoms with E-state index in [1.165, 1.54) is 4.90 Å². The lowest BCUT2D eigenvalue weighted by Crippen LogP contribution is -2.51. The van der Waals surface area contributed by atoms with Crippen molar-refractivity contribution in [1.29, 1.82) is 5.26 Å². The molecule has 1 aromatic carbocycles. The zero-order valence-electron chi connectivity index (χ0n) is 22.1. The van der Waals surface area contributed by atoms with Gasteiger partial charge in [0.05, 0.1) is 12.0 Å². The van der Waals surface area contributed by atoms with Gasteiger partial charge in [0.2, 0.25) is 11.8 Å². The van der Waals surface area contributed by atoms with E-state index in [-0.39, 0.29) is 23.8 Å². The first-order valence-electron chi connectivity index (χ1n) is 13.4. The lowest BCUT2D eigenvalue weighted by atomic mass is 9.86. The molecule has 2 amide bonds. The number of nitriles is 1. The van der Waals surface area contributed by atoms with Gasteiger partial charge in [-0.05, 0) is 61.3 Å². The Hall–Kier alpha value is -3.24. The van der Waals surface area contributed by atoms with Crippen LogP contribution in [0.3, 0.4) is 0 Å². The smallest absolute Gasteiger partial charge is 0.248 e. The van der Waals surface area contributed by atoms with Crippen LogP contribution < -0.4 is 10.2 Å². The van der Waals surface area contributed by atoms with Crippen LogP contribution in [-0.2, 0) is 15.0 Å². The van der Waals surface area contributed by atoms with Crippen LogP contribution in [0, 0.1) is 17.2 Å². The molecule has 2 aromatic rings.